The number of benzene rings is 1. The lowest BCUT2D eigenvalue weighted by Crippen LogP contribution is -2.32. The largest absolute Gasteiger partial charge is 0.466 e. The highest BCUT2D eigenvalue weighted by atomic mass is 35.5. The minimum absolute atomic E-state index is 0.220. The third kappa shape index (κ3) is 3.24. The molecule has 1 aliphatic rings. The molecule has 1 N–H and O–H groups in total. The summed E-state index contributed by atoms with van der Waals surface area (Å²) < 4.78 is 9.96. The number of hydrogen-bond acceptors (Lipinski definition) is 6. The number of halogens is 1. The van der Waals surface area contributed by atoms with Crippen molar-refractivity contribution in [2.45, 2.75) is 26.7 Å². The molecule has 0 spiro atoms. The minimum Gasteiger partial charge on any atom is -0.466 e. The summed E-state index contributed by atoms with van der Waals surface area (Å²) in [5, 5.41) is 4.15. The summed E-state index contributed by atoms with van der Waals surface area (Å²) in [7, 11) is 2.60. The Morgan fingerprint density at radius 2 is 1.61 bits per heavy atom. The van der Waals surface area contributed by atoms with Gasteiger partial charge in [-0.15, -0.1) is 0 Å². The van der Waals surface area contributed by atoms with Crippen molar-refractivity contribution in [3.05, 3.63) is 63.1 Å². The molecule has 6 nitrogen and oxygen atoms in total. The smallest absolute Gasteiger partial charge is 0.336 e. The molecule has 0 aliphatic carbocycles. The van der Waals surface area contributed by atoms with Gasteiger partial charge in [0.15, 0.2) is 0 Å². The first-order chi connectivity index (χ1) is 13.3. The van der Waals surface area contributed by atoms with E-state index in [1.165, 1.54) is 14.2 Å². The van der Waals surface area contributed by atoms with Crippen LogP contribution in [-0.4, -0.2) is 31.1 Å². The summed E-state index contributed by atoms with van der Waals surface area (Å²) in [6, 6.07) is 7.65. The van der Waals surface area contributed by atoms with E-state index < -0.39 is 17.9 Å². The molecule has 0 saturated carbocycles. The van der Waals surface area contributed by atoms with Gasteiger partial charge < -0.3 is 14.8 Å². The molecule has 3 rings (SSSR count). The second kappa shape index (κ2) is 7.64. The van der Waals surface area contributed by atoms with Gasteiger partial charge in [0.05, 0.1) is 36.8 Å². The summed E-state index contributed by atoms with van der Waals surface area (Å²) in [6.45, 7) is 5.45. The van der Waals surface area contributed by atoms with E-state index in [4.69, 9.17) is 21.1 Å². The van der Waals surface area contributed by atoms with Crippen molar-refractivity contribution in [2.75, 3.05) is 14.2 Å². The molecule has 1 aromatic carbocycles. The maximum absolute atomic E-state index is 12.6. The fourth-order valence-electron chi connectivity index (χ4n) is 3.61. The standard InChI is InChI=1S/C21H21ClN2O4/c1-10-7-6-8-13-9-14(19(22)24-18(10)13)17-15(20(25)27-4)11(2)23-12(3)16(17)21(26)28-5/h6-9,17,23H,1-5H3. The van der Waals surface area contributed by atoms with Crippen molar-refractivity contribution in [3.8, 4) is 0 Å². The quantitative estimate of drug-likeness (QED) is 0.624. The van der Waals surface area contributed by atoms with E-state index in [1.807, 2.05) is 31.2 Å². The first-order valence-corrected chi connectivity index (χ1v) is 9.08. The van der Waals surface area contributed by atoms with Crippen LogP contribution in [0.25, 0.3) is 10.9 Å². The lowest BCUT2D eigenvalue weighted by Gasteiger charge is -2.30. The predicted molar refractivity (Wildman–Crippen MR) is 107 cm³/mol. The molecule has 28 heavy (non-hydrogen) atoms. The lowest BCUT2D eigenvalue weighted by molar-refractivity contribution is -0.137. The molecular weight excluding hydrogens is 380 g/mol. The van der Waals surface area contributed by atoms with Gasteiger partial charge in [-0.3, -0.25) is 0 Å². The molecule has 0 atom stereocenters. The molecule has 1 aromatic heterocycles. The van der Waals surface area contributed by atoms with Gasteiger partial charge in [0, 0.05) is 22.3 Å². The highest BCUT2D eigenvalue weighted by Crippen LogP contribution is 2.42. The highest BCUT2D eigenvalue weighted by molar-refractivity contribution is 6.31. The topological polar surface area (TPSA) is 77.5 Å². The zero-order chi connectivity index (χ0) is 20.6. The van der Waals surface area contributed by atoms with E-state index in [9.17, 15) is 9.59 Å². The van der Waals surface area contributed by atoms with Crippen LogP contribution in [0.4, 0.5) is 0 Å². The Kier molecular flexibility index (Phi) is 5.42. The number of allylic oxidation sites excluding steroid dienone is 2. The van der Waals surface area contributed by atoms with Gasteiger partial charge in [-0.05, 0) is 32.4 Å². The van der Waals surface area contributed by atoms with Crippen LogP contribution >= 0.6 is 11.6 Å². The fraction of sp³-hybridized carbons (Fsp3) is 0.286. The van der Waals surface area contributed by atoms with E-state index in [2.05, 4.69) is 10.3 Å². The SMILES string of the molecule is COC(=O)C1=C(C)NC(C)=C(C(=O)OC)C1c1cc2cccc(C)c2nc1Cl. The van der Waals surface area contributed by atoms with Gasteiger partial charge in [0.2, 0.25) is 0 Å². The number of nitrogens with zero attached hydrogens (tertiary/aromatic N) is 1. The Bertz CT molecular complexity index is 1020. The number of fused-ring (bicyclic) bond motifs is 1. The normalized spacial score (nSPS) is 14.9. The Labute approximate surface area is 168 Å². The molecule has 1 aliphatic heterocycles. The fourth-order valence-corrected chi connectivity index (χ4v) is 3.86. The number of rotatable bonds is 3. The number of methoxy groups -OCH3 is 2. The number of carbonyl (C=O) groups is 2. The maximum atomic E-state index is 12.6. The van der Waals surface area contributed by atoms with Crippen LogP contribution in [0.3, 0.4) is 0 Å². The van der Waals surface area contributed by atoms with Gasteiger partial charge in [0.25, 0.3) is 0 Å². The Hall–Kier alpha value is -2.86. The van der Waals surface area contributed by atoms with Gasteiger partial charge in [0.1, 0.15) is 5.15 Å². The summed E-state index contributed by atoms with van der Waals surface area (Å²) in [6.07, 6.45) is 0. The van der Waals surface area contributed by atoms with Crippen LogP contribution in [0.5, 0.6) is 0 Å². The number of dihydropyridines is 1. The Morgan fingerprint density at radius 1 is 1.04 bits per heavy atom. The molecule has 0 fully saturated rings. The van der Waals surface area contributed by atoms with Crippen molar-refractivity contribution in [1.29, 1.82) is 0 Å². The summed E-state index contributed by atoms with van der Waals surface area (Å²) in [4.78, 5) is 29.7. The van der Waals surface area contributed by atoms with Crippen molar-refractivity contribution < 1.29 is 19.1 Å². The third-order valence-corrected chi connectivity index (χ3v) is 5.21. The van der Waals surface area contributed by atoms with Gasteiger partial charge in [-0.2, -0.15) is 0 Å². The first-order valence-electron chi connectivity index (χ1n) is 8.71. The predicted octanol–water partition coefficient (Wildman–Crippen LogP) is 3.78. The van der Waals surface area contributed by atoms with Gasteiger partial charge >= 0.3 is 11.9 Å². The molecule has 0 unspecified atom stereocenters. The number of aromatic nitrogens is 1. The van der Waals surface area contributed by atoms with Gasteiger partial charge in [-0.1, -0.05) is 29.8 Å². The lowest BCUT2D eigenvalue weighted by atomic mass is 9.80. The molecule has 146 valence electrons. The van der Waals surface area contributed by atoms with E-state index in [0.29, 0.717) is 28.1 Å². The average molecular weight is 401 g/mol. The van der Waals surface area contributed by atoms with E-state index in [0.717, 1.165) is 16.5 Å². The van der Waals surface area contributed by atoms with Crippen molar-refractivity contribution in [2.24, 2.45) is 0 Å². The Morgan fingerprint density at radius 3 is 2.14 bits per heavy atom. The number of nitrogens with one attached hydrogen (secondary N) is 1. The molecule has 0 saturated heterocycles. The molecule has 0 bridgehead atoms. The summed E-state index contributed by atoms with van der Waals surface area (Å²) in [5.41, 5.74) is 4.06. The number of para-hydroxylation sites is 1. The molecule has 7 heteroatoms. The Balaban J connectivity index is 2.33. The van der Waals surface area contributed by atoms with Crippen LogP contribution in [0, 0.1) is 6.92 Å². The highest BCUT2D eigenvalue weighted by Gasteiger charge is 2.39. The van der Waals surface area contributed by atoms with E-state index >= 15 is 0 Å². The molecule has 0 radical (unpaired) electrons. The second-order valence-electron chi connectivity index (χ2n) is 6.63. The zero-order valence-electron chi connectivity index (χ0n) is 16.3. The van der Waals surface area contributed by atoms with Crippen LogP contribution in [0.1, 0.15) is 30.9 Å². The van der Waals surface area contributed by atoms with Crippen molar-refractivity contribution in [3.63, 3.8) is 0 Å². The van der Waals surface area contributed by atoms with Crippen LogP contribution < -0.4 is 5.32 Å². The maximum Gasteiger partial charge on any atom is 0.336 e. The number of aryl methyl sites for hydroxylation is 1. The third-order valence-electron chi connectivity index (χ3n) is 4.91. The molecule has 2 aromatic rings. The molecule has 2 heterocycles. The number of hydrogen-bond donors (Lipinski definition) is 1. The van der Waals surface area contributed by atoms with Crippen LogP contribution in [0.15, 0.2) is 46.8 Å². The molecule has 0 amide bonds. The number of pyridine rings is 1. The number of ether oxygens (including phenoxy) is 2. The summed E-state index contributed by atoms with van der Waals surface area (Å²) in [5.74, 6) is -1.86. The van der Waals surface area contributed by atoms with Crippen molar-refractivity contribution >= 4 is 34.4 Å². The van der Waals surface area contributed by atoms with Crippen LogP contribution in [0.2, 0.25) is 5.15 Å². The van der Waals surface area contributed by atoms with E-state index in [-0.39, 0.29) is 5.15 Å². The van der Waals surface area contributed by atoms with Crippen molar-refractivity contribution in [1.82, 2.24) is 10.3 Å². The number of esters is 2. The minimum atomic E-state index is -0.758. The second-order valence-corrected chi connectivity index (χ2v) is 6.99. The summed E-state index contributed by atoms with van der Waals surface area (Å²) >= 11 is 6.55. The first kappa shape index (κ1) is 19.9. The average Bonchev–Trinajstić information content (AvgIpc) is 2.66. The molecular formula is C21H21ClN2O4. The number of carbonyl (C=O) groups excluding carboxylic acids is 2. The van der Waals surface area contributed by atoms with Crippen LogP contribution in [-0.2, 0) is 19.1 Å². The van der Waals surface area contributed by atoms with E-state index in [1.54, 1.807) is 13.8 Å². The zero-order valence-corrected chi connectivity index (χ0v) is 17.1. The monoisotopic (exact) mass is 400 g/mol. The van der Waals surface area contributed by atoms with Gasteiger partial charge in [-0.25, -0.2) is 14.6 Å².